The van der Waals surface area contributed by atoms with Crippen LogP contribution in [0.25, 0.3) is 11.0 Å². The second-order valence-electron chi connectivity index (χ2n) is 5.96. The molecule has 5 heteroatoms. The molecule has 0 aliphatic rings. The van der Waals surface area contributed by atoms with Gasteiger partial charge in [-0.3, -0.25) is 0 Å². The van der Waals surface area contributed by atoms with Gasteiger partial charge in [-0.25, -0.2) is 4.98 Å². The number of hydrogen-bond acceptors (Lipinski definition) is 3. The van der Waals surface area contributed by atoms with Gasteiger partial charge in [-0.15, -0.1) is 0 Å². The van der Waals surface area contributed by atoms with E-state index in [9.17, 15) is 0 Å². The average Bonchev–Trinajstić information content (AvgIpc) is 2.95. The van der Waals surface area contributed by atoms with Crippen LogP contribution in [-0.2, 0) is 17.9 Å². The molecule has 0 aliphatic heterocycles. The summed E-state index contributed by atoms with van der Waals surface area (Å²) < 4.78 is 13.6. The van der Waals surface area contributed by atoms with Crippen molar-refractivity contribution >= 4 is 22.6 Å². The first-order valence-electron chi connectivity index (χ1n) is 8.59. The zero-order valence-corrected chi connectivity index (χ0v) is 15.4. The van der Waals surface area contributed by atoms with Crippen LogP contribution in [0, 0.1) is 6.92 Å². The Morgan fingerprint density at radius 2 is 1.92 bits per heavy atom. The Morgan fingerprint density at radius 1 is 1.12 bits per heavy atom. The molecule has 0 aliphatic carbocycles. The number of aryl methyl sites for hydroxylation is 2. The molecular weight excluding hydrogens is 336 g/mol. The number of nitrogens with zero attached hydrogens (tertiary/aromatic N) is 2. The molecule has 0 atom stereocenters. The molecule has 3 rings (SSSR count). The fourth-order valence-corrected chi connectivity index (χ4v) is 2.92. The molecule has 0 N–H and O–H groups in total. The lowest BCUT2D eigenvalue weighted by molar-refractivity contribution is 0.141. The predicted molar refractivity (Wildman–Crippen MR) is 101 cm³/mol. The minimum absolute atomic E-state index is 0.421. The third-order valence-corrected chi connectivity index (χ3v) is 4.29. The lowest BCUT2D eigenvalue weighted by Crippen LogP contribution is -2.09. The maximum atomic E-state index is 6.17. The monoisotopic (exact) mass is 358 g/mol. The Kier molecular flexibility index (Phi) is 5.95. The second-order valence-corrected chi connectivity index (χ2v) is 6.40. The van der Waals surface area contributed by atoms with Crippen molar-refractivity contribution < 1.29 is 9.47 Å². The zero-order valence-electron chi connectivity index (χ0n) is 14.7. The topological polar surface area (TPSA) is 36.3 Å². The summed E-state index contributed by atoms with van der Waals surface area (Å²) in [5, 5.41) is 0.712. The summed E-state index contributed by atoms with van der Waals surface area (Å²) in [7, 11) is 0. The van der Waals surface area contributed by atoms with E-state index in [1.165, 1.54) is 5.56 Å². The average molecular weight is 359 g/mol. The quantitative estimate of drug-likeness (QED) is 0.531. The van der Waals surface area contributed by atoms with Crippen molar-refractivity contribution in [3.63, 3.8) is 0 Å². The van der Waals surface area contributed by atoms with E-state index in [0.717, 1.165) is 48.8 Å². The Balaban J connectivity index is 1.80. The molecule has 0 radical (unpaired) electrons. The molecular formula is C20H23ClN2O2. The van der Waals surface area contributed by atoms with Crippen LogP contribution in [-0.4, -0.2) is 22.8 Å². The van der Waals surface area contributed by atoms with Gasteiger partial charge in [-0.2, -0.15) is 0 Å². The molecule has 3 aromatic rings. The Morgan fingerprint density at radius 3 is 2.68 bits per heavy atom. The van der Waals surface area contributed by atoms with Crippen LogP contribution in [0.5, 0.6) is 5.75 Å². The van der Waals surface area contributed by atoms with Gasteiger partial charge < -0.3 is 14.0 Å². The number of benzene rings is 2. The van der Waals surface area contributed by atoms with Crippen molar-refractivity contribution in [1.82, 2.24) is 9.55 Å². The summed E-state index contributed by atoms with van der Waals surface area (Å²) in [6, 6.07) is 13.8. The van der Waals surface area contributed by atoms with Crippen LogP contribution in [0.3, 0.4) is 0 Å². The lowest BCUT2D eigenvalue weighted by Gasteiger charge is -2.11. The van der Waals surface area contributed by atoms with Crippen molar-refractivity contribution in [3.05, 3.63) is 58.9 Å². The van der Waals surface area contributed by atoms with Gasteiger partial charge >= 0.3 is 0 Å². The lowest BCUT2D eigenvalue weighted by atomic mass is 10.2. The number of halogens is 1. The molecule has 1 aromatic heterocycles. The van der Waals surface area contributed by atoms with Gasteiger partial charge in [0.15, 0.2) is 0 Å². The van der Waals surface area contributed by atoms with Crippen LogP contribution >= 0.6 is 11.6 Å². The number of ether oxygens (including phenoxy) is 2. The highest BCUT2D eigenvalue weighted by molar-refractivity contribution is 6.31. The van der Waals surface area contributed by atoms with Crippen LogP contribution in [0.4, 0.5) is 0 Å². The molecule has 0 saturated carbocycles. The highest BCUT2D eigenvalue weighted by Gasteiger charge is 2.12. The van der Waals surface area contributed by atoms with Gasteiger partial charge in [0.2, 0.25) is 0 Å². The standard InChI is InChI=1S/C20H23ClN2O2/c1-3-24-12-4-11-23-19-13-16(21)7-10-18(19)22-20(23)14-25-17-8-5-15(2)6-9-17/h5-10,13H,3-4,11-12,14H2,1-2H3. The first kappa shape index (κ1) is 17.8. The molecule has 4 nitrogen and oxygen atoms in total. The van der Waals surface area contributed by atoms with Crippen LogP contribution in [0.2, 0.25) is 5.02 Å². The van der Waals surface area contributed by atoms with Crippen molar-refractivity contribution in [2.75, 3.05) is 13.2 Å². The van der Waals surface area contributed by atoms with Gasteiger partial charge in [0.1, 0.15) is 18.2 Å². The van der Waals surface area contributed by atoms with Crippen LogP contribution in [0.15, 0.2) is 42.5 Å². The van der Waals surface area contributed by atoms with E-state index in [-0.39, 0.29) is 0 Å². The zero-order chi connectivity index (χ0) is 17.6. The molecule has 0 spiro atoms. The van der Waals surface area contributed by atoms with Crippen molar-refractivity contribution in [2.24, 2.45) is 0 Å². The Hall–Kier alpha value is -2.04. The van der Waals surface area contributed by atoms with Gasteiger partial charge in [-0.1, -0.05) is 29.3 Å². The first-order valence-corrected chi connectivity index (χ1v) is 8.97. The fraction of sp³-hybridized carbons (Fsp3) is 0.350. The summed E-state index contributed by atoms with van der Waals surface area (Å²) >= 11 is 6.17. The summed E-state index contributed by atoms with van der Waals surface area (Å²) in [6.45, 7) is 6.78. The van der Waals surface area contributed by atoms with E-state index >= 15 is 0 Å². The van der Waals surface area contributed by atoms with Crippen molar-refractivity contribution in [1.29, 1.82) is 0 Å². The molecule has 0 fully saturated rings. The summed E-state index contributed by atoms with van der Waals surface area (Å²) in [4.78, 5) is 4.72. The van der Waals surface area contributed by atoms with Crippen molar-refractivity contribution in [3.8, 4) is 5.75 Å². The van der Waals surface area contributed by atoms with Crippen LogP contribution < -0.4 is 4.74 Å². The van der Waals surface area contributed by atoms with E-state index in [0.29, 0.717) is 11.6 Å². The maximum absolute atomic E-state index is 6.17. The van der Waals surface area contributed by atoms with E-state index in [4.69, 9.17) is 26.1 Å². The minimum atomic E-state index is 0.421. The summed E-state index contributed by atoms with van der Waals surface area (Å²) in [5.74, 6) is 1.74. The molecule has 0 amide bonds. The smallest absolute Gasteiger partial charge is 0.147 e. The second kappa shape index (κ2) is 8.37. The Labute approximate surface area is 153 Å². The van der Waals surface area contributed by atoms with E-state index in [1.807, 2.05) is 49.4 Å². The van der Waals surface area contributed by atoms with Crippen LogP contribution in [0.1, 0.15) is 24.7 Å². The molecule has 0 saturated heterocycles. The molecule has 132 valence electrons. The number of fused-ring (bicyclic) bond motifs is 1. The largest absolute Gasteiger partial charge is 0.486 e. The third-order valence-electron chi connectivity index (χ3n) is 4.05. The first-order chi connectivity index (χ1) is 12.2. The summed E-state index contributed by atoms with van der Waals surface area (Å²) in [6.07, 6.45) is 0.920. The summed E-state index contributed by atoms with van der Waals surface area (Å²) in [5.41, 5.74) is 3.18. The van der Waals surface area contributed by atoms with Gasteiger partial charge in [0, 0.05) is 24.8 Å². The number of aromatic nitrogens is 2. The van der Waals surface area contributed by atoms with Gasteiger partial charge in [0.05, 0.1) is 11.0 Å². The Bertz CT molecular complexity index is 828. The molecule has 25 heavy (non-hydrogen) atoms. The fourth-order valence-electron chi connectivity index (χ4n) is 2.76. The number of rotatable bonds is 8. The van der Waals surface area contributed by atoms with E-state index < -0.39 is 0 Å². The normalized spacial score (nSPS) is 11.2. The highest BCUT2D eigenvalue weighted by atomic mass is 35.5. The van der Waals surface area contributed by atoms with Gasteiger partial charge in [0.25, 0.3) is 0 Å². The van der Waals surface area contributed by atoms with E-state index in [2.05, 4.69) is 11.5 Å². The molecule has 0 bridgehead atoms. The number of hydrogen-bond donors (Lipinski definition) is 0. The van der Waals surface area contributed by atoms with E-state index in [1.54, 1.807) is 0 Å². The van der Waals surface area contributed by atoms with Gasteiger partial charge in [-0.05, 0) is 50.6 Å². The SMILES string of the molecule is CCOCCCn1c(COc2ccc(C)cc2)nc2ccc(Cl)cc21. The van der Waals surface area contributed by atoms with Crippen molar-refractivity contribution in [2.45, 2.75) is 33.4 Å². The number of imidazole rings is 1. The maximum Gasteiger partial charge on any atom is 0.147 e. The molecule has 2 aromatic carbocycles. The molecule has 0 unspecified atom stereocenters. The third kappa shape index (κ3) is 4.53. The predicted octanol–water partition coefficient (Wildman–Crippen LogP) is 5.00. The highest BCUT2D eigenvalue weighted by Crippen LogP contribution is 2.22. The molecule has 1 heterocycles. The minimum Gasteiger partial charge on any atom is -0.486 e.